The van der Waals surface area contributed by atoms with Crippen LogP contribution in [0.15, 0.2) is 24.3 Å². The molecule has 0 saturated carbocycles. The first-order chi connectivity index (χ1) is 5.88. The molecule has 0 amide bonds. The lowest BCUT2D eigenvalue weighted by atomic mass is 10.3. The molecule has 5 heteroatoms. The number of rotatable bonds is 2. The van der Waals surface area contributed by atoms with E-state index in [1.165, 1.54) is 0 Å². The van der Waals surface area contributed by atoms with Crippen molar-refractivity contribution in [3.8, 4) is 5.75 Å². The molecule has 0 saturated heterocycles. The number of hydrazine groups is 1. The van der Waals surface area contributed by atoms with Crippen molar-refractivity contribution in [3.63, 3.8) is 0 Å². The minimum Gasteiger partial charge on any atom is -0.495 e. The lowest BCUT2D eigenvalue weighted by Gasteiger charge is -2.05. The van der Waals surface area contributed by atoms with Crippen LogP contribution in [0, 0.1) is 0 Å². The lowest BCUT2D eigenvalue weighted by Crippen LogP contribution is -2.07. The number of nitrogens with one attached hydrogen (secondary N) is 1. The highest BCUT2D eigenvalue weighted by Crippen LogP contribution is 2.21. The van der Waals surface area contributed by atoms with Gasteiger partial charge in [-0.1, -0.05) is 12.1 Å². The Hall–Kier alpha value is -0.970. The highest BCUT2D eigenvalue weighted by Gasteiger charge is 1.95. The zero-order valence-corrected chi connectivity index (χ0v) is 8.47. The van der Waals surface area contributed by atoms with Gasteiger partial charge in [-0.15, -0.1) is 12.4 Å². The van der Waals surface area contributed by atoms with Gasteiger partial charge in [0.15, 0.2) is 0 Å². The second kappa shape index (κ2) is 9.12. The van der Waals surface area contributed by atoms with E-state index < -0.39 is 0 Å². The van der Waals surface area contributed by atoms with Gasteiger partial charge in [0.1, 0.15) is 5.75 Å². The third kappa shape index (κ3) is 4.57. The van der Waals surface area contributed by atoms with Crippen LogP contribution < -0.4 is 16.0 Å². The number of nitrogen functional groups attached to an aromatic ring is 1. The van der Waals surface area contributed by atoms with E-state index in [1.807, 2.05) is 24.3 Å². The smallest absolute Gasteiger partial charge is 0.143 e. The topological polar surface area (TPSA) is 67.5 Å². The van der Waals surface area contributed by atoms with E-state index in [2.05, 4.69) is 5.43 Å². The van der Waals surface area contributed by atoms with Gasteiger partial charge in [-0.05, 0) is 12.1 Å². The molecule has 0 aliphatic heterocycles. The minimum absolute atomic E-state index is 0. The largest absolute Gasteiger partial charge is 0.495 e. The first kappa shape index (κ1) is 14.5. The molecule has 0 spiro atoms. The zero-order valence-electron chi connectivity index (χ0n) is 7.65. The van der Waals surface area contributed by atoms with Crippen molar-refractivity contribution in [1.29, 1.82) is 0 Å². The molecule has 1 aromatic carbocycles. The van der Waals surface area contributed by atoms with Gasteiger partial charge in [-0.3, -0.25) is 5.84 Å². The third-order valence-electron chi connectivity index (χ3n) is 1.26. The standard InChI is InChI=1S/C7H10N2O.CH4O.ClH/c1-10-7-5-3-2-4-6(7)9-8;1-2;/h2-5,9H,8H2,1H3;2H,1H3;1H. The molecule has 1 rings (SSSR count). The number of nitrogens with two attached hydrogens (primary N) is 1. The highest BCUT2D eigenvalue weighted by molar-refractivity contribution is 5.85. The predicted molar refractivity (Wildman–Crippen MR) is 56.2 cm³/mol. The Morgan fingerprint density at radius 3 is 2.23 bits per heavy atom. The summed E-state index contributed by atoms with van der Waals surface area (Å²) in [5, 5.41) is 7.00. The number of hydrogen-bond acceptors (Lipinski definition) is 4. The van der Waals surface area contributed by atoms with Gasteiger partial charge < -0.3 is 15.3 Å². The maximum atomic E-state index is 7.00. The Kier molecular flexibility index (Phi) is 10.2. The van der Waals surface area contributed by atoms with Gasteiger partial charge in [0, 0.05) is 7.11 Å². The fourth-order valence-corrected chi connectivity index (χ4v) is 0.764. The quantitative estimate of drug-likeness (QED) is 0.499. The fraction of sp³-hybridized carbons (Fsp3) is 0.250. The molecule has 4 N–H and O–H groups in total. The molecule has 13 heavy (non-hydrogen) atoms. The number of hydrogen-bond donors (Lipinski definition) is 3. The molecule has 0 aliphatic carbocycles. The van der Waals surface area contributed by atoms with E-state index in [0.29, 0.717) is 0 Å². The second-order valence-corrected chi connectivity index (χ2v) is 1.84. The molecule has 0 heterocycles. The van der Waals surface area contributed by atoms with Gasteiger partial charge in [0.05, 0.1) is 12.8 Å². The molecular formula is C8H15ClN2O2. The van der Waals surface area contributed by atoms with Crippen LogP contribution in [0.4, 0.5) is 5.69 Å². The number of para-hydroxylation sites is 2. The summed E-state index contributed by atoms with van der Waals surface area (Å²) >= 11 is 0. The zero-order chi connectivity index (χ0) is 9.40. The summed E-state index contributed by atoms with van der Waals surface area (Å²) in [5.74, 6) is 5.95. The van der Waals surface area contributed by atoms with Crippen molar-refractivity contribution in [3.05, 3.63) is 24.3 Å². The Balaban J connectivity index is 0. The molecule has 0 unspecified atom stereocenters. The summed E-state index contributed by atoms with van der Waals surface area (Å²) < 4.78 is 4.99. The number of benzene rings is 1. The minimum atomic E-state index is 0. The van der Waals surface area contributed by atoms with Crippen molar-refractivity contribution < 1.29 is 9.84 Å². The second-order valence-electron chi connectivity index (χ2n) is 1.84. The number of anilines is 1. The Morgan fingerprint density at radius 2 is 1.85 bits per heavy atom. The van der Waals surface area contributed by atoms with Crippen LogP contribution in [-0.4, -0.2) is 19.3 Å². The molecule has 1 aromatic rings. The van der Waals surface area contributed by atoms with E-state index in [1.54, 1.807) is 7.11 Å². The van der Waals surface area contributed by atoms with Crippen LogP contribution in [0.25, 0.3) is 0 Å². The number of ether oxygens (including phenoxy) is 1. The first-order valence-electron chi connectivity index (χ1n) is 3.43. The summed E-state index contributed by atoms with van der Waals surface area (Å²) in [5.41, 5.74) is 3.32. The maximum Gasteiger partial charge on any atom is 0.143 e. The van der Waals surface area contributed by atoms with Crippen molar-refractivity contribution in [1.82, 2.24) is 0 Å². The molecule has 0 aliphatic rings. The molecule has 4 nitrogen and oxygen atoms in total. The first-order valence-corrected chi connectivity index (χ1v) is 3.43. The molecule has 0 atom stereocenters. The molecule has 0 radical (unpaired) electrons. The van der Waals surface area contributed by atoms with Crippen LogP contribution in [0.3, 0.4) is 0 Å². The van der Waals surface area contributed by atoms with Gasteiger partial charge >= 0.3 is 0 Å². The number of aliphatic hydroxyl groups is 1. The van der Waals surface area contributed by atoms with Gasteiger partial charge in [-0.25, -0.2) is 0 Å². The predicted octanol–water partition coefficient (Wildman–Crippen LogP) is 1.01. The van der Waals surface area contributed by atoms with Crippen molar-refractivity contribution in [2.45, 2.75) is 0 Å². The average Bonchev–Trinajstić information content (AvgIpc) is 2.20. The highest BCUT2D eigenvalue weighted by atomic mass is 35.5. The Bertz CT molecular complexity index is 198. The number of methoxy groups -OCH3 is 1. The van der Waals surface area contributed by atoms with E-state index in [-0.39, 0.29) is 12.4 Å². The van der Waals surface area contributed by atoms with Crippen molar-refractivity contribution >= 4 is 18.1 Å². The summed E-state index contributed by atoms with van der Waals surface area (Å²) in [6.45, 7) is 0. The third-order valence-corrected chi connectivity index (χ3v) is 1.26. The Labute approximate surface area is 84.1 Å². The lowest BCUT2D eigenvalue weighted by molar-refractivity contribution is 0.399. The summed E-state index contributed by atoms with van der Waals surface area (Å²) in [6.07, 6.45) is 0. The van der Waals surface area contributed by atoms with Crippen molar-refractivity contribution in [2.24, 2.45) is 5.84 Å². The van der Waals surface area contributed by atoms with Crippen LogP contribution >= 0.6 is 12.4 Å². The summed E-state index contributed by atoms with van der Waals surface area (Å²) in [6, 6.07) is 7.46. The number of halogens is 1. The average molecular weight is 207 g/mol. The van der Waals surface area contributed by atoms with Crippen molar-refractivity contribution in [2.75, 3.05) is 19.6 Å². The molecule has 0 fully saturated rings. The van der Waals surface area contributed by atoms with E-state index >= 15 is 0 Å². The van der Waals surface area contributed by atoms with Crippen LogP contribution in [-0.2, 0) is 0 Å². The van der Waals surface area contributed by atoms with E-state index in [4.69, 9.17) is 15.7 Å². The van der Waals surface area contributed by atoms with Crippen LogP contribution in [0.1, 0.15) is 0 Å². The van der Waals surface area contributed by atoms with Gasteiger partial charge in [0.2, 0.25) is 0 Å². The van der Waals surface area contributed by atoms with Crippen LogP contribution in [0.5, 0.6) is 5.75 Å². The van der Waals surface area contributed by atoms with Gasteiger partial charge in [0.25, 0.3) is 0 Å². The normalized spacial score (nSPS) is 7.38. The fourth-order valence-electron chi connectivity index (χ4n) is 0.764. The molecule has 76 valence electrons. The summed E-state index contributed by atoms with van der Waals surface area (Å²) in [4.78, 5) is 0. The van der Waals surface area contributed by atoms with E-state index in [9.17, 15) is 0 Å². The summed E-state index contributed by atoms with van der Waals surface area (Å²) in [7, 11) is 2.61. The number of aliphatic hydroxyl groups excluding tert-OH is 1. The SMILES string of the molecule is CO.COc1ccccc1NN.Cl. The van der Waals surface area contributed by atoms with E-state index in [0.717, 1.165) is 18.5 Å². The molecule has 0 bridgehead atoms. The van der Waals surface area contributed by atoms with Gasteiger partial charge in [-0.2, -0.15) is 0 Å². The Morgan fingerprint density at radius 1 is 1.31 bits per heavy atom. The molecular weight excluding hydrogens is 192 g/mol. The maximum absolute atomic E-state index is 7.00. The molecule has 0 aromatic heterocycles. The monoisotopic (exact) mass is 206 g/mol. The van der Waals surface area contributed by atoms with Crippen LogP contribution in [0.2, 0.25) is 0 Å².